The Kier molecular flexibility index (Phi) is 2.88. The van der Waals surface area contributed by atoms with Gasteiger partial charge in [-0.2, -0.15) is 0 Å². The Bertz CT molecular complexity index is 738. The molecule has 94 valence electrons. The molecule has 2 N–H and O–H groups in total. The number of para-hydroxylation sites is 1. The lowest BCUT2D eigenvalue weighted by Crippen LogP contribution is -1.98. The van der Waals surface area contributed by atoms with Gasteiger partial charge in [0.1, 0.15) is 5.82 Å². The van der Waals surface area contributed by atoms with Gasteiger partial charge in [-0.3, -0.25) is 4.98 Å². The zero-order valence-corrected chi connectivity index (χ0v) is 10.3. The van der Waals surface area contributed by atoms with Crippen LogP contribution in [0.3, 0.4) is 0 Å². The molecule has 0 radical (unpaired) electrons. The number of pyridine rings is 1. The highest BCUT2D eigenvalue weighted by atomic mass is 19.1. The van der Waals surface area contributed by atoms with Crippen molar-refractivity contribution in [2.45, 2.75) is 6.42 Å². The number of benzene rings is 2. The average Bonchev–Trinajstić information content (AvgIpc) is 2.42. The van der Waals surface area contributed by atoms with Gasteiger partial charge in [-0.1, -0.05) is 30.3 Å². The SMILES string of the molecule is Nc1cc(F)ccc1Cc1ccc2ccccc2n1. The summed E-state index contributed by atoms with van der Waals surface area (Å²) in [5.41, 5.74) is 9.06. The quantitative estimate of drug-likeness (QED) is 0.708. The average molecular weight is 252 g/mol. The first kappa shape index (κ1) is 11.7. The van der Waals surface area contributed by atoms with Gasteiger partial charge in [-0.05, 0) is 29.8 Å². The van der Waals surface area contributed by atoms with Crippen LogP contribution in [0.15, 0.2) is 54.6 Å². The first-order valence-corrected chi connectivity index (χ1v) is 6.11. The van der Waals surface area contributed by atoms with Gasteiger partial charge in [0.15, 0.2) is 0 Å². The Morgan fingerprint density at radius 3 is 2.68 bits per heavy atom. The Morgan fingerprint density at radius 1 is 1.00 bits per heavy atom. The van der Waals surface area contributed by atoms with Crippen molar-refractivity contribution in [2.24, 2.45) is 0 Å². The first-order valence-electron chi connectivity index (χ1n) is 6.11. The molecule has 0 saturated heterocycles. The minimum absolute atomic E-state index is 0.312. The molecule has 0 aliphatic rings. The highest BCUT2D eigenvalue weighted by Crippen LogP contribution is 2.19. The lowest BCUT2D eigenvalue weighted by atomic mass is 10.1. The van der Waals surface area contributed by atoms with Crippen LogP contribution in [0.1, 0.15) is 11.3 Å². The van der Waals surface area contributed by atoms with Crippen molar-refractivity contribution in [3.63, 3.8) is 0 Å². The van der Waals surface area contributed by atoms with Crippen molar-refractivity contribution in [1.82, 2.24) is 4.98 Å². The summed E-state index contributed by atoms with van der Waals surface area (Å²) in [7, 11) is 0. The van der Waals surface area contributed by atoms with Crippen LogP contribution in [0.25, 0.3) is 10.9 Å². The van der Waals surface area contributed by atoms with Gasteiger partial charge in [0.05, 0.1) is 5.52 Å². The van der Waals surface area contributed by atoms with E-state index >= 15 is 0 Å². The van der Waals surface area contributed by atoms with E-state index in [1.807, 2.05) is 36.4 Å². The predicted molar refractivity (Wildman–Crippen MR) is 75.4 cm³/mol. The number of hydrogen-bond donors (Lipinski definition) is 1. The van der Waals surface area contributed by atoms with Gasteiger partial charge < -0.3 is 5.73 Å². The summed E-state index contributed by atoms with van der Waals surface area (Å²) in [4.78, 5) is 4.58. The number of nitrogens with zero attached hydrogens (tertiary/aromatic N) is 1. The van der Waals surface area contributed by atoms with E-state index in [0.717, 1.165) is 22.2 Å². The number of anilines is 1. The molecular formula is C16H13FN2. The number of aromatic nitrogens is 1. The predicted octanol–water partition coefficient (Wildman–Crippen LogP) is 3.55. The molecule has 3 rings (SSSR count). The van der Waals surface area contributed by atoms with Crippen LogP contribution < -0.4 is 5.73 Å². The molecule has 2 nitrogen and oxygen atoms in total. The van der Waals surface area contributed by atoms with Crippen molar-refractivity contribution in [3.05, 3.63) is 71.7 Å². The minimum Gasteiger partial charge on any atom is -0.398 e. The maximum Gasteiger partial charge on any atom is 0.125 e. The van der Waals surface area contributed by atoms with Crippen LogP contribution in [0.2, 0.25) is 0 Å². The topological polar surface area (TPSA) is 38.9 Å². The molecule has 3 aromatic rings. The Balaban J connectivity index is 1.96. The van der Waals surface area contributed by atoms with Crippen LogP contribution in [0, 0.1) is 5.82 Å². The van der Waals surface area contributed by atoms with Crippen molar-refractivity contribution < 1.29 is 4.39 Å². The summed E-state index contributed by atoms with van der Waals surface area (Å²) in [6.07, 6.45) is 0.608. The molecule has 0 unspecified atom stereocenters. The number of nitrogens with two attached hydrogens (primary N) is 1. The fourth-order valence-corrected chi connectivity index (χ4v) is 2.13. The van der Waals surface area contributed by atoms with Crippen molar-refractivity contribution in [1.29, 1.82) is 0 Å². The largest absolute Gasteiger partial charge is 0.398 e. The lowest BCUT2D eigenvalue weighted by Gasteiger charge is -2.06. The van der Waals surface area contributed by atoms with E-state index < -0.39 is 0 Å². The number of nitrogen functional groups attached to an aromatic ring is 1. The molecule has 1 aromatic heterocycles. The van der Waals surface area contributed by atoms with E-state index in [9.17, 15) is 4.39 Å². The summed E-state index contributed by atoms with van der Waals surface area (Å²) in [6.45, 7) is 0. The summed E-state index contributed by atoms with van der Waals surface area (Å²) >= 11 is 0. The number of fused-ring (bicyclic) bond motifs is 1. The number of halogens is 1. The highest BCUT2D eigenvalue weighted by molar-refractivity contribution is 5.78. The molecule has 19 heavy (non-hydrogen) atoms. The van der Waals surface area contributed by atoms with Crippen molar-refractivity contribution in [3.8, 4) is 0 Å². The van der Waals surface area contributed by atoms with Crippen LogP contribution in [0.5, 0.6) is 0 Å². The second kappa shape index (κ2) is 4.69. The Hall–Kier alpha value is -2.42. The minimum atomic E-state index is -0.312. The van der Waals surface area contributed by atoms with Crippen molar-refractivity contribution >= 4 is 16.6 Å². The van der Waals surface area contributed by atoms with Crippen LogP contribution >= 0.6 is 0 Å². The number of hydrogen-bond acceptors (Lipinski definition) is 2. The number of rotatable bonds is 2. The fraction of sp³-hybridized carbons (Fsp3) is 0.0625. The molecule has 0 spiro atoms. The third kappa shape index (κ3) is 2.40. The summed E-state index contributed by atoms with van der Waals surface area (Å²) in [5, 5.41) is 1.11. The van der Waals surface area contributed by atoms with Gasteiger partial charge in [0.25, 0.3) is 0 Å². The normalized spacial score (nSPS) is 10.8. The molecule has 1 heterocycles. The molecule has 0 atom stereocenters. The van der Waals surface area contributed by atoms with Gasteiger partial charge in [0, 0.05) is 23.2 Å². The second-order valence-electron chi connectivity index (χ2n) is 4.52. The molecular weight excluding hydrogens is 239 g/mol. The zero-order chi connectivity index (χ0) is 13.2. The third-order valence-corrected chi connectivity index (χ3v) is 3.14. The van der Waals surface area contributed by atoms with Gasteiger partial charge >= 0.3 is 0 Å². The molecule has 0 amide bonds. The molecule has 0 aliphatic carbocycles. The molecule has 3 heteroatoms. The van der Waals surface area contributed by atoms with Crippen LogP contribution in [-0.4, -0.2) is 4.98 Å². The van der Waals surface area contributed by atoms with Gasteiger partial charge in [-0.15, -0.1) is 0 Å². The maximum absolute atomic E-state index is 13.0. The highest BCUT2D eigenvalue weighted by Gasteiger charge is 2.04. The Labute approximate surface area is 110 Å². The van der Waals surface area contributed by atoms with E-state index in [0.29, 0.717) is 12.1 Å². The van der Waals surface area contributed by atoms with E-state index in [4.69, 9.17) is 5.73 Å². The fourth-order valence-electron chi connectivity index (χ4n) is 2.13. The first-order chi connectivity index (χ1) is 9.22. The molecule has 0 aliphatic heterocycles. The molecule has 0 bridgehead atoms. The van der Waals surface area contributed by atoms with Gasteiger partial charge in [-0.25, -0.2) is 4.39 Å². The standard InChI is InChI=1S/C16H13FN2/c17-13-7-5-12(15(18)10-13)9-14-8-6-11-3-1-2-4-16(11)19-14/h1-8,10H,9,18H2. The van der Waals surface area contributed by atoms with E-state index in [1.165, 1.54) is 12.1 Å². The molecule has 0 fully saturated rings. The Morgan fingerprint density at radius 2 is 1.84 bits per heavy atom. The summed E-state index contributed by atoms with van der Waals surface area (Å²) in [5.74, 6) is -0.312. The third-order valence-electron chi connectivity index (χ3n) is 3.14. The molecule has 0 saturated carbocycles. The van der Waals surface area contributed by atoms with Crippen LogP contribution in [-0.2, 0) is 6.42 Å². The van der Waals surface area contributed by atoms with E-state index in [2.05, 4.69) is 4.98 Å². The maximum atomic E-state index is 13.0. The van der Waals surface area contributed by atoms with Crippen molar-refractivity contribution in [2.75, 3.05) is 5.73 Å². The smallest absolute Gasteiger partial charge is 0.125 e. The molecule has 2 aromatic carbocycles. The monoisotopic (exact) mass is 252 g/mol. The summed E-state index contributed by atoms with van der Waals surface area (Å²) < 4.78 is 13.0. The van der Waals surface area contributed by atoms with E-state index in [-0.39, 0.29) is 5.82 Å². The van der Waals surface area contributed by atoms with Crippen LogP contribution in [0.4, 0.5) is 10.1 Å². The second-order valence-corrected chi connectivity index (χ2v) is 4.52. The van der Waals surface area contributed by atoms with Gasteiger partial charge in [0.2, 0.25) is 0 Å². The van der Waals surface area contributed by atoms with E-state index in [1.54, 1.807) is 6.07 Å². The lowest BCUT2D eigenvalue weighted by molar-refractivity contribution is 0.628. The zero-order valence-electron chi connectivity index (χ0n) is 10.3. The summed E-state index contributed by atoms with van der Waals surface area (Å²) in [6, 6.07) is 16.4.